The van der Waals surface area contributed by atoms with Crippen LogP contribution in [0.2, 0.25) is 5.02 Å². The van der Waals surface area contributed by atoms with E-state index in [9.17, 15) is 9.59 Å². The van der Waals surface area contributed by atoms with E-state index >= 15 is 0 Å². The van der Waals surface area contributed by atoms with E-state index in [2.05, 4.69) is 15.2 Å². The maximum atomic E-state index is 12.2. The van der Waals surface area contributed by atoms with Gasteiger partial charge in [0.2, 0.25) is 5.91 Å². The van der Waals surface area contributed by atoms with E-state index in [4.69, 9.17) is 11.6 Å². The fourth-order valence-electron chi connectivity index (χ4n) is 2.86. The quantitative estimate of drug-likeness (QED) is 0.894. The van der Waals surface area contributed by atoms with Gasteiger partial charge in [-0.05, 0) is 29.8 Å². The van der Waals surface area contributed by atoms with Crippen LogP contribution in [0.3, 0.4) is 0 Å². The molecule has 136 valence electrons. The largest absolute Gasteiger partial charge is 0.367 e. The smallest absolute Gasteiger partial charge is 0.270 e. The standard InChI is InChI=1S/C19H21ClN4O2/c1-14(25)23-8-10-24(11-9-23)17-6-7-18(21-13-17)19(26)22-12-15-2-4-16(20)5-3-15/h2-7,13H,8-12H2,1H3,(H,22,26). The predicted octanol–water partition coefficient (Wildman–Crippen LogP) is 2.33. The van der Waals surface area contributed by atoms with Gasteiger partial charge < -0.3 is 15.1 Å². The molecule has 1 aromatic carbocycles. The molecule has 0 bridgehead atoms. The Labute approximate surface area is 157 Å². The van der Waals surface area contributed by atoms with Crippen molar-refractivity contribution < 1.29 is 9.59 Å². The van der Waals surface area contributed by atoms with Gasteiger partial charge >= 0.3 is 0 Å². The maximum Gasteiger partial charge on any atom is 0.270 e. The van der Waals surface area contributed by atoms with Crippen molar-refractivity contribution in [3.63, 3.8) is 0 Å². The molecule has 0 atom stereocenters. The second-order valence-electron chi connectivity index (χ2n) is 6.20. The highest BCUT2D eigenvalue weighted by atomic mass is 35.5. The van der Waals surface area contributed by atoms with Crippen molar-refractivity contribution in [2.24, 2.45) is 0 Å². The van der Waals surface area contributed by atoms with Gasteiger partial charge in [-0.2, -0.15) is 0 Å². The van der Waals surface area contributed by atoms with E-state index in [0.29, 0.717) is 30.4 Å². The van der Waals surface area contributed by atoms with Gasteiger partial charge in [0.25, 0.3) is 5.91 Å². The molecule has 1 fully saturated rings. The van der Waals surface area contributed by atoms with E-state index in [-0.39, 0.29) is 11.8 Å². The number of aromatic nitrogens is 1. The monoisotopic (exact) mass is 372 g/mol. The van der Waals surface area contributed by atoms with Gasteiger partial charge in [-0.3, -0.25) is 9.59 Å². The van der Waals surface area contributed by atoms with Crippen LogP contribution in [0.1, 0.15) is 23.0 Å². The zero-order chi connectivity index (χ0) is 18.5. The molecule has 1 aliphatic rings. The topological polar surface area (TPSA) is 65.5 Å². The van der Waals surface area contributed by atoms with Crippen molar-refractivity contribution in [3.8, 4) is 0 Å². The highest BCUT2D eigenvalue weighted by Crippen LogP contribution is 2.16. The number of amides is 2. The summed E-state index contributed by atoms with van der Waals surface area (Å²) < 4.78 is 0. The number of anilines is 1. The summed E-state index contributed by atoms with van der Waals surface area (Å²) in [5.41, 5.74) is 2.32. The van der Waals surface area contributed by atoms with Gasteiger partial charge in [-0.15, -0.1) is 0 Å². The predicted molar refractivity (Wildman–Crippen MR) is 101 cm³/mol. The molecule has 0 aliphatic carbocycles. The molecule has 2 heterocycles. The Morgan fingerprint density at radius 2 is 1.77 bits per heavy atom. The van der Waals surface area contributed by atoms with Crippen LogP contribution < -0.4 is 10.2 Å². The molecule has 0 saturated carbocycles. The van der Waals surface area contributed by atoms with Crippen LogP contribution >= 0.6 is 11.6 Å². The lowest BCUT2D eigenvalue weighted by atomic mass is 10.2. The summed E-state index contributed by atoms with van der Waals surface area (Å²) in [5, 5.41) is 3.52. The molecule has 26 heavy (non-hydrogen) atoms. The van der Waals surface area contributed by atoms with E-state index in [1.54, 1.807) is 31.3 Å². The van der Waals surface area contributed by atoms with Crippen molar-refractivity contribution in [2.75, 3.05) is 31.1 Å². The van der Waals surface area contributed by atoms with Crippen LogP contribution in [-0.4, -0.2) is 47.9 Å². The number of halogens is 1. The Morgan fingerprint density at radius 1 is 1.08 bits per heavy atom. The number of pyridine rings is 1. The third-order valence-corrected chi connectivity index (χ3v) is 4.69. The van der Waals surface area contributed by atoms with Crippen LogP contribution in [0.25, 0.3) is 0 Å². The van der Waals surface area contributed by atoms with E-state index in [1.165, 1.54) is 0 Å². The number of carbonyl (C=O) groups excluding carboxylic acids is 2. The number of carbonyl (C=O) groups is 2. The Balaban J connectivity index is 1.54. The molecule has 2 amide bonds. The van der Waals surface area contributed by atoms with E-state index in [0.717, 1.165) is 24.3 Å². The number of nitrogens with zero attached hydrogens (tertiary/aromatic N) is 3. The Hall–Kier alpha value is -2.60. The first-order valence-electron chi connectivity index (χ1n) is 8.52. The lowest BCUT2D eigenvalue weighted by molar-refractivity contribution is -0.129. The molecule has 1 saturated heterocycles. The first-order valence-corrected chi connectivity index (χ1v) is 8.90. The maximum absolute atomic E-state index is 12.2. The molecule has 0 spiro atoms. The minimum absolute atomic E-state index is 0.107. The van der Waals surface area contributed by atoms with E-state index < -0.39 is 0 Å². The number of hydrogen-bond donors (Lipinski definition) is 1. The molecule has 1 aliphatic heterocycles. The van der Waals surface area contributed by atoms with Gasteiger partial charge in [0.05, 0.1) is 11.9 Å². The number of benzene rings is 1. The average Bonchev–Trinajstić information content (AvgIpc) is 2.67. The second kappa shape index (κ2) is 8.19. The highest BCUT2D eigenvalue weighted by molar-refractivity contribution is 6.30. The highest BCUT2D eigenvalue weighted by Gasteiger charge is 2.19. The number of nitrogens with one attached hydrogen (secondary N) is 1. The summed E-state index contributed by atoms with van der Waals surface area (Å²) in [4.78, 5) is 31.9. The molecule has 1 aromatic heterocycles. The van der Waals surface area contributed by atoms with Crippen LogP contribution in [0.4, 0.5) is 5.69 Å². The molecule has 1 N–H and O–H groups in total. The zero-order valence-electron chi connectivity index (χ0n) is 14.6. The fraction of sp³-hybridized carbons (Fsp3) is 0.316. The van der Waals surface area contributed by atoms with Crippen molar-refractivity contribution >= 4 is 29.1 Å². The lowest BCUT2D eigenvalue weighted by Gasteiger charge is -2.35. The molecule has 7 heteroatoms. The number of hydrogen-bond acceptors (Lipinski definition) is 4. The molecule has 6 nitrogen and oxygen atoms in total. The molecule has 0 unspecified atom stereocenters. The van der Waals surface area contributed by atoms with E-state index in [1.807, 2.05) is 23.1 Å². The van der Waals surface area contributed by atoms with Crippen LogP contribution in [0.15, 0.2) is 42.6 Å². The van der Waals surface area contributed by atoms with Gasteiger partial charge in [0.15, 0.2) is 0 Å². The molecular weight excluding hydrogens is 352 g/mol. The van der Waals surface area contributed by atoms with Gasteiger partial charge in [-0.25, -0.2) is 4.98 Å². The Morgan fingerprint density at radius 3 is 2.35 bits per heavy atom. The van der Waals surface area contributed by atoms with Crippen LogP contribution in [0, 0.1) is 0 Å². The van der Waals surface area contributed by atoms with Crippen LogP contribution in [-0.2, 0) is 11.3 Å². The van der Waals surface area contributed by atoms with Crippen LogP contribution in [0.5, 0.6) is 0 Å². The summed E-state index contributed by atoms with van der Waals surface area (Å²) >= 11 is 5.85. The van der Waals surface area contributed by atoms with Crippen molar-refractivity contribution in [1.29, 1.82) is 0 Å². The summed E-state index contributed by atoms with van der Waals surface area (Å²) in [7, 11) is 0. The summed E-state index contributed by atoms with van der Waals surface area (Å²) in [6, 6.07) is 11.0. The summed E-state index contributed by atoms with van der Waals surface area (Å²) in [6.45, 7) is 4.96. The SMILES string of the molecule is CC(=O)N1CCN(c2ccc(C(=O)NCc3ccc(Cl)cc3)nc2)CC1. The summed E-state index contributed by atoms with van der Waals surface area (Å²) in [6.07, 6.45) is 1.71. The molecule has 2 aromatic rings. The third kappa shape index (κ3) is 4.52. The minimum atomic E-state index is -0.215. The number of piperazine rings is 1. The van der Waals surface area contributed by atoms with Gasteiger partial charge in [0, 0.05) is 44.7 Å². The molecular formula is C19H21ClN4O2. The third-order valence-electron chi connectivity index (χ3n) is 4.44. The minimum Gasteiger partial charge on any atom is -0.367 e. The zero-order valence-corrected chi connectivity index (χ0v) is 15.4. The molecule has 3 rings (SSSR count). The second-order valence-corrected chi connectivity index (χ2v) is 6.64. The Kier molecular flexibility index (Phi) is 5.73. The number of rotatable bonds is 4. The van der Waals surface area contributed by atoms with Crippen molar-refractivity contribution in [2.45, 2.75) is 13.5 Å². The van der Waals surface area contributed by atoms with Crippen molar-refractivity contribution in [1.82, 2.24) is 15.2 Å². The first kappa shape index (κ1) is 18.2. The average molecular weight is 373 g/mol. The summed E-state index contributed by atoms with van der Waals surface area (Å²) in [5.74, 6) is -0.108. The normalized spacial score (nSPS) is 14.2. The Bertz CT molecular complexity index is 769. The fourth-order valence-corrected chi connectivity index (χ4v) is 2.99. The molecule has 0 radical (unpaired) electrons. The van der Waals surface area contributed by atoms with Gasteiger partial charge in [0.1, 0.15) is 5.69 Å². The lowest BCUT2D eigenvalue weighted by Crippen LogP contribution is -2.48. The first-order chi connectivity index (χ1) is 12.5. The van der Waals surface area contributed by atoms with Crippen molar-refractivity contribution in [3.05, 3.63) is 58.9 Å². The van der Waals surface area contributed by atoms with Gasteiger partial charge in [-0.1, -0.05) is 23.7 Å².